The third-order valence-electron chi connectivity index (χ3n) is 2.88. The predicted molar refractivity (Wildman–Crippen MR) is 90.4 cm³/mol. The summed E-state index contributed by atoms with van der Waals surface area (Å²) in [5.41, 5.74) is 0.324. The van der Waals surface area contributed by atoms with Gasteiger partial charge >= 0.3 is 5.76 Å². The van der Waals surface area contributed by atoms with Crippen LogP contribution in [0, 0.1) is 0 Å². The van der Waals surface area contributed by atoms with Crippen LogP contribution in [0.25, 0.3) is 0 Å². The Balaban J connectivity index is 1.93. The van der Waals surface area contributed by atoms with Crippen molar-refractivity contribution in [3.05, 3.63) is 53.6 Å². The molecule has 0 aromatic heterocycles. The van der Waals surface area contributed by atoms with Gasteiger partial charge in [0.2, 0.25) is 15.7 Å². The van der Waals surface area contributed by atoms with E-state index in [9.17, 15) is 22.0 Å². The lowest BCUT2D eigenvalue weighted by molar-refractivity contribution is -0.113. The number of benzene rings is 2. The third-order valence-corrected chi connectivity index (χ3v) is 5.55. The number of carbonyl (C=O) groups excluding carboxylic acids is 1. The molecule has 4 nitrogen and oxygen atoms in total. The zero-order valence-electron chi connectivity index (χ0n) is 12.1. The molecule has 0 heterocycles. The number of hydrogen-bond donors (Lipinski definition) is 1. The average molecular weight is 392 g/mol. The standard InChI is InChI=1S/C15H12ClF2NO3S2/c16-10-1-5-12(6-2-10)23-9-14(20)19-11-3-7-13(8-4-11)24(21,22)15(17)18/h1-8,15H,9H2,(H,19,20). The Kier molecular flexibility index (Phi) is 6.20. The summed E-state index contributed by atoms with van der Waals surface area (Å²) in [5.74, 6) is -3.65. The highest BCUT2D eigenvalue weighted by Crippen LogP contribution is 2.22. The van der Waals surface area contributed by atoms with Gasteiger partial charge in [-0.25, -0.2) is 8.42 Å². The van der Waals surface area contributed by atoms with E-state index < -0.39 is 20.5 Å². The fraction of sp³-hybridized carbons (Fsp3) is 0.133. The minimum atomic E-state index is -4.63. The van der Waals surface area contributed by atoms with Gasteiger partial charge in [-0.1, -0.05) is 11.6 Å². The monoisotopic (exact) mass is 391 g/mol. The number of nitrogens with one attached hydrogen (secondary N) is 1. The minimum absolute atomic E-state index is 0.138. The first-order valence-corrected chi connectivity index (χ1v) is 9.50. The zero-order chi connectivity index (χ0) is 17.7. The van der Waals surface area contributed by atoms with Crippen molar-refractivity contribution >= 4 is 44.8 Å². The molecular formula is C15H12ClF2NO3S2. The van der Waals surface area contributed by atoms with Gasteiger partial charge < -0.3 is 5.32 Å². The van der Waals surface area contributed by atoms with Crippen LogP contribution in [-0.4, -0.2) is 25.8 Å². The van der Waals surface area contributed by atoms with Gasteiger partial charge in [-0.2, -0.15) is 8.78 Å². The molecule has 1 N–H and O–H groups in total. The van der Waals surface area contributed by atoms with Crippen LogP contribution in [0.2, 0.25) is 5.02 Å². The Morgan fingerprint density at radius 3 is 2.21 bits per heavy atom. The van der Waals surface area contributed by atoms with Crippen LogP contribution in [0.1, 0.15) is 0 Å². The molecule has 0 unspecified atom stereocenters. The van der Waals surface area contributed by atoms with Crippen molar-refractivity contribution < 1.29 is 22.0 Å². The van der Waals surface area contributed by atoms with Crippen LogP contribution in [0.5, 0.6) is 0 Å². The number of alkyl halides is 2. The van der Waals surface area contributed by atoms with Crippen LogP contribution >= 0.6 is 23.4 Å². The molecule has 0 aliphatic rings. The number of halogens is 3. The molecule has 1 amide bonds. The molecule has 2 aromatic carbocycles. The normalized spacial score (nSPS) is 11.5. The molecule has 0 bridgehead atoms. The van der Waals surface area contributed by atoms with E-state index in [1.807, 2.05) is 0 Å². The Hall–Kier alpha value is -1.64. The van der Waals surface area contributed by atoms with Crippen molar-refractivity contribution in [2.45, 2.75) is 15.5 Å². The first-order chi connectivity index (χ1) is 11.3. The van der Waals surface area contributed by atoms with E-state index in [1.165, 1.54) is 23.9 Å². The summed E-state index contributed by atoms with van der Waals surface area (Å²) in [4.78, 5) is 12.2. The quantitative estimate of drug-likeness (QED) is 0.754. The van der Waals surface area contributed by atoms with Gasteiger partial charge in [0.25, 0.3) is 0 Å². The van der Waals surface area contributed by atoms with Crippen molar-refractivity contribution in [3.63, 3.8) is 0 Å². The van der Waals surface area contributed by atoms with E-state index >= 15 is 0 Å². The van der Waals surface area contributed by atoms with Crippen molar-refractivity contribution in [1.82, 2.24) is 0 Å². The highest BCUT2D eigenvalue weighted by molar-refractivity contribution is 8.00. The van der Waals surface area contributed by atoms with Gasteiger partial charge in [-0.05, 0) is 48.5 Å². The fourth-order valence-corrected chi connectivity index (χ4v) is 3.25. The second-order valence-corrected chi connectivity index (χ2v) is 8.02. The largest absolute Gasteiger partial charge is 0.341 e. The van der Waals surface area contributed by atoms with Gasteiger partial charge in [0, 0.05) is 15.6 Å². The molecule has 2 rings (SSSR count). The molecule has 0 aliphatic carbocycles. The number of carbonyl (C=O) groups is 1. The summed E-state index contributed by atoms with van der Waals surface area (Å²) in [5, 5.41) is 3.16. The van der Waals surface area contributed by atoms with E-state index in [0.29, 0.717) is 10.7 Å². The van der Waals surface area contributed by atoms with Crippen LogP contribution in [0.4, 0.5) is 14.5 Å². The number of anilines is 1. The highest BCUT2D eigenvalue weighted by atomic mass is 35.5. The number of thioether (sulfide) groups is 1. The Labute approximate surface area is 147 Å². The van der Waals surface area contributed by atoms with Gasteiger partial charge in [0.05, 0.1) is 10.6 Å². The predicted octanol–water partition coefficient (Wildman–Crippen LogP) is 4.07. The molecule has 128 valence electrons. The molecule has 0 spiro atoms. The number of amides is 1. The van der Waals surface area contributed by atoms with Crippen molar-refractivity contribution in [2.75, 3.05) is 11.1 Å². The lowest BCUT2D eigenvalue weighted by Crippen LogP contribution is -2.14. The molecule has 0 fully saturated rings. The average Bonchev–Trinajstić information content (AvgIpc) is 2.54. The second-order valence-electron chi connectivity index (χ2n) is 4.62. The summed E-state index contributed by atoms with van der Waals surface area (Å²) in [6.45, 7) is 0. The highest BCUT2D eigenvalue weighted by Gasteiger charge is 2.26. The lowest BCUT2D eigenvalue weighted by atomic mass is 10.3. The van der Waals surface area contributed by atoms with Crippen LogP contribution in [0.15, 0.2) is 58.3 Å². The first-order valence-electron chi connectivity index (χ1n) is 6.59. The molecular weight excluding hydrogens is 380 g/mol. The summed E-state index contributed by atoms with van der Waals surface area (Å²) >= 11 is 7.07. The van der Waals surface area contributed by atoms with E-state index in [2.05, 4.69) is 5.32 Å². The Morgan fingerprint density at radius 1 is 1.08 bits per heavy atom. The van der Waals surface area contributed by atoms with Crippen LogP contribution in [-0.2, 0) is 14.6 Å². The Bertz CT molecular complexity index is 810. The van der Waals surface area contributed by atoms with Gasteiger partial charge in [-0.15, -0.1) is 11.8 Å². The third kappa shape index (κ3) is 4.93. The maximum absolute atomic E-state index is 12.4. The molecule has 0 aliphatic heterocycles. The molecule has 24 heavy (non-hydrogen) atoms. The number of hydrogen-bond acceptors (Lipinski definition) is 4. The van der Waals surface area contributed by atoms with Gasteiger partial charge in [-0.3, -0.25) is 4.79 Å². The SMILES string of the molecule is O=C(CSc1ccc(Cl)cc1)Nc1ccc(S(=O)(=O)C(F)F)cc1. The lowest BCUT2D eigenvalue weighted by Gasteiger charge is -2.07. The number of sulfone groups is 1. The fourth-order valence-electron chi connectivity index (χ4n) is 1.71. The Morgan fingerprint density at radius 2 is 1.67 bits per heavy atom. The van der Waals surface area contributed by atoms with Gasteiger partial charge in [0.15, 0.2) is 0 Å². The molecule has 0 radical (unpaired) electrons. The number of rotatable bonds is 6. The van der Waals surface area contributed by atoms with Crippen LogP contribution < -0.4 is 5.32 Å². The molecule has 0 saturated heterocycles. The van der Waals surface area contributed by atoms with Gasteiger partial charge in [0.1, 0.15) is 0 Å². The maximum atomic E-state index is 12.4. The smallest absolute Gasteiger partial charge is 0.325 e. The second kappa shape index (κ2) is 7.96. The topological polar surface area (TPSA) is 63.2 Å². The summed E-state index contributed by atoms with van der Waals surface area (Å²) in [6.07, 6.45) is 0. The van der Waals surface area contributed by atoms with E-state index in [1.54, 1.807) is 24.3 Å². The summed E-state index contributed by atoms with van der Waals surface area (Å²) in [7, 11) is -4.63. The maximum Gasteiger partial charge on any atom is 0.341 e. The molecule has 9 heteroatoms. The van der Waals surface area contributed by atoms with Crippen molar-refractivity contribution in [3.8, 4) is 0 Å². The summed E-state index contributed by atoms with van der Waals surface area (Å²) in [6, 6.07) is 11.6. The molecule has 2 aromatic rings. The van der Waals surface area contributed by atoms with E-state index in [4.69, 9.17) is 11.6 Å². The first kappa shape index (κ1) is 18.7. The zero-order valence-corrected chi connectivity index (χ0v) is 14.5. The minimum Gasteiger partial charge on any atom is -0.325 e. The summed E-state index contributed by atoms with van der Waals surface area (Å²) < 4.78 is 47.5. The van der Waals surface area contributed by atoms with E-state index in [-0.39, 0.29) is 11.7 Å². The molecule has 0 saturated carbocycles. The molecule has 0 atom stereocenters. The van der Waals surface area contributed by atoms with Crippen molar-refractivity contribution in [1.29, 1.82) is 0 Å². The van der Waals surface area contributed by atoms with E-state index in [0.717, 1.165) is 17.0 Å². The van der Waals surface area contributed by atoms with Crippen LogP contribution in [0.3, 0.4) is 0 Å². The van der Waals surface area contributed by atoms with Crippen molar-refractivity contribution in [2.24, 2.45) is 0 Å².